The Balaban J connectivity index is 2.25. The summed E-state index contributed by atoms with van der Waals surface area (Å²) >= 11 is 0. The molecule has 0 saturated carbocycles. The number of carbonyl (C=O) groups excluding carboxylic acids is 1. The highest BCUT2D eigenvalue weighted by molar-refractivity contribution is 7.86. The van der Waals surface area contributed by atoms with Gasteiger partial charge >= 0.3 is 0 Å². The number of benzene rings is 1. The molecule has 0 bridgehead atoms. The van der Waals surface area contributed by atoms with Gasteiger partial charge in [-0.05, 0) is 32.4 Å². The molecule has 2 rings (SSSR count). The number of nitrogens with zero attached hydrogens (tertiary/aromatic N) is 2. The first-order chi connectivity index (χ1) is 9.72. The maximum absolute atomic E-state index is 12.6. The summed E-state index contributed by atoms with van der Waals surface area (Å²) in [5.41, 5.74) is 1.02. The summed E-state index contributed by atoms with van der Waals surface area (Å²) in [6.45, 7) is 6.32. The Kier molecular flexibility index (Phi) is 4.13. The molecule has 1 unspecified atom stereocenters. The van der Waals surface area contributed by atoms with Crippen LogP contribution in [0.2, 0.25) is 0 Å². The molecular weight excluding hydrogens is 292 g/mol. The predicted molar refractivity (Wildman–Crippen MR) is 80.8 cm³/mol. The van der Waals surface area contributed by atoms with E-state index in [4.69, 9.17) is 0 Å². The van der Waals surface area contributed by atoms with E-state index >= 15 is 0 Å². The van der Waals surface area contributed by atoms with Crippen molar-refractivity contribution in [2.75, 3.05) is 18.8 Å². The van der Waals surface area contributed by atoms with Crippen LogP contribution in [0.25, 0.3) is 0 Å². The minimum Gasteiger partial charge on any atom is -0.336 e. The number of hydrogen-bond donors (Lipinski definition) is 0. The van der Waals surface area contributed by atoms with Crippen molar-refractivity contribution in [3.05, 3.63) is 39.4 Å². The van der Waals surface area contributed by atoms with Gasteiger partial charge in [0.2, 0.25) is 0 Å². The fourth-order valence-electron chi connectivity index (χ4n) is 2.43. The highest BCUT2D eigenvalue weighted by Gasteiger charge is 2.35. The summed E-state index contributed by atoms with van der Waals surface area (Å²) in [6.07, 6.45) is 0. The normalized spacial score (nSPS) is 21.1. The molecule has 1 aromatic rings. The highest BCUT2D eigenvalue weighted by atomic mass is 32.2. The van der Waals surface area contributed by atoms with E-state index in [0.717, 1.165) is 0 Å². The van der Waals surface area contributed by atoms with Crippen LogP contribution in [0.5, 0.6) is 0 Å². The summed E-state index contributed by atoms with van der Waals surface area (Å²) in [5.74, 6) is 0.303. The monoisotopic (exact) mass is 310 g/mol. The molecule has 1 aliphatic heterocycles. The molecule has 1 amide bonds. The Morgan fingerprint density at radius 3 is 2.62 bits per heavy atom. The van der Waals surface area contributed by atoms with Gasteiger partial charge in [-0.25, -0.2) is 0 Å². The molecule has 1 heterocycles. The van der Waals surface area contributed by atoms with Gasteiger partial charge in [-0.15, -0.1) is 0 Å². The van der Waals surface area contributed by atoms with Crippen LogP contribution in [0.3, 0.4) is 0 Å². The second-order valence-corrected chi connectivity index (χ2v) is 8.00. The van der Waals surface area contributed by atoms with E-state index in [1.807, 2.05) is 13.8 Å². The van der Waals surface area contributed by atoms with Crippen molar-refractivity contribution < 1.29 is 13.9 Å². The van der Waals surface area contributed by atoms with Crippen LogP contribution in [-0.2, 0) is 10.8 Å². The summed E-state index contributed by atoms with van der Waals surface area (Å²) < 4.78 is 11.5. The summed E-state index contributed by atoms with van der Waals surface area (Å²) in [4.78, 5) is 24.5. The van der Waals surface area contributed by atoms with Gasteiger partial charge < -0.3 is 4.90 Å². The van der Waals surface area contributed by atoms with Crippen LogP contribution in [0, 0.1) is 17.0 Å². The topological polar surface area (TPSA) is 80.5 Å². The van der Waals surface area contributed by atoms with Crippen LogP contribution in [0.1, 0.15) is 29.8 Å². The Hall–Kier alpha value is -1.76. The summed E-state index contributed by atoms with van der Waals surface area (Å²) in [5, 5.41) is 10.7. The lowest BCUT2D eigenvalue weighted by molar-refractivity contribution is -0.384. The Morgan fingerprint density at radius 1 is 1.43 bits per heavy atom. The molecule has 1 atom stereocenters. The molecule has 1 saturated heterocycles. The van der Waals surface area contributed by atoms with Crippen molar-refractivity contribution in [1.82, 2.24) is 4.90 Å². The lowest BCUT2D eigenvalue weighted by Crippen LogP contribution is -2.52. The van der Waals surface area contributed by atoms with Gasteiger partial charge in [0.05, 0.1) is 9.67 Å². The van der Waals surface area contributed by atoms with Gasteiger partial charge in [-0.3, -0.25) is 19.1 Å². The Labute approximate surface area is 125 Å². The van der Waals surface area contributed by atoms with Gasteiger partial charge in [0, 0.05) is 47.3 Å². The lowest BCUT2D eigenvalue weighted by atomic mass is 10.1. The smallest absolute Gasteiger partial charge is 0.269 e. The third-order valence-corrected chi connectivity index (χ3v) is 5.59. The molecule has 0 N–H and O–H groups in total. The zero-order valence-corrected chi connectivity index (χ0v) is 13.1. The number of carbonyl (C=O) groups is 1. The molecule has 0 spiro atoms. The molecule has 1 aliphatic rings. The van der Waals surface area contributed by atoms with Gasteiger partial charge in [0.25, 0.3) is 11.6 Å². The van der Waals surface area contributed by atoms with E-state index < -0.39 is 20.5 Å². The van der Waals surface area contributed by atoms with Crippen molar-refractivity contribution in [1.29, 1.82) is 0 Å². The number of aryl methyl sites for hydroxylation is 1. The van der Waals surface area contributed by atoms with Crippen LogP contribution in [0.15, 0.2) is 18.2 Å². The van der Waals surface area contributed by atoms with E-state index in [1.54, 1.807) is 11.8 Å². The van der Waals surface area contributed by atoms with Crippen molar-refractivity contribution in [2.45, 2.75) is 25.5 Å². The molecule has 0 aliphatic carbocycles. The quantitative estimate of drug-likeness (QED) is 0.617. The second-order valence-electron chi connectivity index (χ2n) is 5.79. The van der Waals surface area contributed by atoms with Gasteiger partial charge in [-0.2, -0.15) is 0 Å². The minimum absolute atomic E-state index is 0.0240. The number of rotatable bonds is 2. The largest absolute Gasteiger partial charge is 0.336 e. The maximum Gasteiger partial charge on any atom is 0.269 e. The SMILES string of the molecule is Cc1cc([N+](=O)[O-])ccc1C(=O)N1CCS(=O)C(C)(C)C1. The van der Waals surface area contributed by atoms with Crippen LogP contribution in [0.4, 0.5) is 5.69 Å². The fourth-order valence-corrected chi connectivity index (χ4v) is 3.66. The maximum atomic E-state index is 12.6. The molecule has 1 fully saturated rings. The number of hydrogen-bond acceptors (Lipinski definition) is 4. The summed E-state index contributed by atoms with van der Waals surface area (Å²) in [7, 11) is -0.943. The van der Waals surface area contributed by atoms with Crippen LogP contribution in [-0.4, -0.2) is 43.5 Å². The standard InChI is InChI=1S/C14H18N2O4S/c1-10-8-11(16(18)19)4-5-12(10)13(17)15-6-7-21(20)14(2,3)9-15/h4-5,8H,6-7,9H2,1-3H3. The molecule has 21 heavy (non-hydrogen) atoms. The first kappa shape index (κ1) is 15.6. The molecule has 114 valence electrons. The molecule has 0 radical (unpaired) electrons. The fraction of sp³-hybridized carbons (Fsp3) is 0.500. The van der Waals surface area contributed by atoms with Crippen molar-refractivity contribution in [3.63, 3.8) is 0 Å². The number of amides is 1. The van der Waals surface area contributed by atoms with E-state index in [-0.39, 0.29) is 11.6 Å². The van der Waals surface area contributed by atoms with Gasteiger partial charge in [0.15, 0.2) is 0 Å². The van der Waals surface area contributed by atoms with E-state index in [2.05, 4.69) is 0 Å². The average molecular weight is 310 g/mol. The number of nitro groups is 1. The van der Waals surface area contributed by atoms with E-state index in [9.17, 15) is 19.1 Å². The van der Waals surface area contributed by atoms with E-state index in [1.165, 1.54) is 18.2 Å². The zero-order valence-electron chi connectivity index (χ0n) is 12.3. The highest BCUT2D eigenvalue weighted by Crippen LogP contribution is 2.24. The minimum atomic E-state index is -0.943. The predicted octanol–water partition coefficient (Wildman–Crippen LogP) is 1.89. The first-order valence-corrected chi connectivity index (χ1v) is 7.97. The van der Waals surface area contributed by atoms with Crippen molar-refractivity contribution in [2.24, 2.45) is 0 Å². The van der Waals surface area contributed by atoms with Gasteiger partial charge in [-0.1, -0.05) is 0 Å². The van der Waals surface area contributed by atoms with E-state index in [0.29, 0.717) is 30.0 Å². The van der Waals surface area contributed by atoms with Gasteiger partial charge in [0.1, 0.15) is 0 Å². The number of nitro benzene ring substituents is 1. The van der Waals surface area contributed by atoms with Crippen molar-refractivity contribution in [3.8, 4) is 0 Å². The second kappa shape index (κ2) is 5.55. The lowest BCUT2D eigenvalue weighted by Gasteiger charge is -2.37. The molecule has 7 heteroatoms. The molecule has 6 nitrogen and oxygen atoms in total. The summed E-state index contributed by atoms with van der Waals surface area (Å²) in [6, 6.07) is 4.24. The average Bonchev–Trinajstić information content (AvgIpc) is 2.40. The third-order valence-electron chi connectivity index (χ3n) is 3.67. The van der Waals surface area contributed by atoms with Crippen LogP contribution >= 0.6 is 0 Å². The van der Waals surface area contributed by atoms with Crippen LogP contribution < -0.4 is 0 Å². The third kappa shape index (κ3) is 3.12. The molecular formula is C14H18N2O4S. The molecule has 1 aromatic carbocycles. The van der Waals surface area contributed by atoms with Crippen molar-refractivity contribution >= 4 is 22.4 Å². The number of non-ortho nitro benzene ring substituents is 1. The molecule has 0 aromatic heterocycles. The Bertz CT molecular complexity index is 627. The Morgan fingerprint density at radius 2 is 2.10 bits per heavy atom. The zero-order chi connectivity index (χ0) is 15.8. The first-order valence-electron chi connectivity index (χ1n) is 6.65.